The fourth-order valence-electron chi connectivity index (χ4n) is 5.49. The summed E-state index contributed by atoms with van der Waals surface area (Å²) in [7, 11) is 0. The molecule has 3 fully saturated rings. The van der Waals surface area contributed by atoms with Gasteiger partial charge in [-0.15, -0.1) is 0 Å². The van der Waals surface area contributed by atoms with E-state index in [0.717, 1.165) is 24.7 Å². The summed E-state index contributed by atoms with van der Waals surface area (Å²) in [6.07, 6.45) is 8.35. The number of aromatic nitrogens is 4. The number of pyridine rings is 2. The lowest BCUT2D eigenvalue weighted by Crippen LogP contribution is -2.50. The summed E-state index contributed by atoms with van der Waals surface area (Å²) in [5, 5.41) is 10.1. The van der Waals surface area contributed by atoms with Crippen LogP contribution in [0.15, 0.2) is 36.7 Å². The molecule has 2 aliphatic carbocycles. The third-order valence-electron chi connectivity index (χ3n) is 7.79. The molecule has 8 nitrogen and oxygen atoms in total. The number of nitrogens with one attached hydrogen (secondary N) is 2. The fourth-order valence-corrected chi connectivity index (χ4v) is 5.49. The summed E-state index contributed by atoms with van der Waals surface area (Å²) >= 11 is 0. The van der Waals surface area contributed by atoms with Gasteiger partial charge in [0.1, 0.15) is 5.69 Å². The van der Waals surface area contributed by atoms with Gasteiger partial charge in [0, 0.05) is 35.5 Å². The third kappa shape index (κ3) is 4.27. The van der Waals surface area contributed by atoms with Gasteiger partial charge in [0.05, 0.1) is 24.1 Å². The number of halogens is 1. The van der Waals surface area contributed by atoms with Crippen molar-refractivity contribution in [2.24, 2.45) is 5.92 Å². The number of H-pyrrole nitrogens is 1. The highest BCUT2D eigenvalue weighted by Crippen LogP contribution is 2.50. The summed E-state index contributed by atoms with van der Waals surface area (Å²) < 4.78 is 14.3. The second kappa shape index (κ2) is 8.80. The molecule has 1 spiro atoms. The molecule has 0 bridgehead atoms. The van der Waals surface area contributed by atoms with E-state index >= 15 is 0 Å². The molecule has 36 heavy (non-hydrogen) atoms. The predicted molar refractivity (Wildman–Crippen MR) is 130 cm³/mol. The van der Waals surface area contributed by atoms with Gasteiger partial charge in [-0.25, -0.2) is 4.39 Å². The van der Waals surface area contributed by atoms with Crippen LogP contribution in [0.5, 0.6) is 0 Å². The van der Waals surface area contributed by atoms with E-state index in [9.17, 15) is 14.0 Å². The molecule has 1 saturated heterocycles. The Balaban J connectivity index is 1.11. The first-order valence-electron chi connectivity index (χ1n) is 12.6. The Morgan fingerprint density at radius 1 is 1.22 bits per heavy atom. The molecule has 3 aromatic heterocycles. The fraction of sp³-hybridized carbons (Fsp3) is 0.444. The van der Waals surface area contributed by atoms with Crippen molar-refractivity contribution in [3.8, 4) is 11.3 Å². The van der Waals surface area contributed by atoms with Crippen LogP contribution >= 0.6 is 0 Å². The Labute approximate surface area is 208 Å². The molecule has 9 heteroatoms. The average molecular weight is 489 g/mol. The molecule has 186 valence electrons. The first-order valence-corrected chi connectivity index (χ1v) is 12.6. The van der Waals surface area contributed by atoms with Crippen LogP contribution in [0.25, 0.3) is 11.3 Å². The first kappa shape index (κ1) is 22.8. The number of nitrogens with zero attached hydrogens (tertiary/aromatic N) is 4. The smallest absolute Gasteiger partial charge is 0.272 e. The van der Waals surface area contributed by atoms with Crippen molar-refractivity contribution in [2.45, 2.75) is 63.5 Å². The molecular formula is C27H29FN6O2. The van der Waals surface area contributed by atoms with Gasteiger partial charge < -0.3 is 10.2 Å². The Kier molecular flexibility index (Phi) is 5.58. The van der Waals surface area contributed by atoms with Gasteiger partial charge >= 0.3 is 0 Å². The number of rotatable bonds is 6. The highest BCUT2D eigenvalue weighted by Gasteiger charge is 2.54. The van der Waals surface area contributed by atoms with E-state index in [0.29, 0.717) is 54.5 Å². The number of amides is 2. The Morgan fingerprint density at radius 3 is 2.83 bits per heavy atom. The SMILES string of the molecule is Cc1cc(-c2cc(C(=O)N3CCC(C(=O)NCc4ncccc4C4CC4)CC34CC4)[nH]n2)c(F)cn1. The van der Waals surface area contributed by atoms with Crippen LogP contribution in [0, 0.1) is 18.7 Å². The molecule has 2 N–H and O–H groups in total. The monoisotopic (exact) mass is 488 g/mol. The summed E-state index contributed by atoms with van der Waals surface area (Å²) in [5.41, 5.74) is 3.61. The lowest BCUT2D eigenvalue weighted by molar-refractivity contribution is -0.127. The van der Waals surface area contributed by atoms with Crippen LogP contribution in [-0.2, 0) is 11.3 Å². The molecule has 6 rings (SSSR count). The van der Waals surface area contributed by atoms with Gasteiger partial charge in [0.25, 0.3) is 5.91 Å². The third-order valence-corrected chi connectivity index (χ3v) is 7.79. The summed E-state index contributed by atoms with van der Waals surface area (Å²) in [6, 6.07) is 7.28. The van der Waals surface area contributed by atoms with Crippen LogP contribution in [0.3, 0.4) is 0 Å². The van der Waals surface area contributed by atoms with E-state index < -0.39 is 5.82 Å². The van der Waals surface area contributed by atoms with Gasteiger partial charge in [-0.3, -0.25) is 24.7 Å². The number of carbonyl (C=O) groups excluding carboxylic acids is 2. The van der Waals surface area contributed by atoms with Crippen molar-refractivity contribution >= 4 is 11.8 Å². The second-order valence-corrected chi connectivity index (χ2v) is 10.4. The molecule has 2 saturated carbocycles. The van der Waals surface area contributed by atoms with E-state index in [4.69, 9.17) is 0 Å². The maximum Gasteiger partial charge on any atom is 0.272 e. The van der Waals surface area contributed by atoms with Crippen molar-refractivity contribution in [1.29, 1.82) is 0 Å². The number of likely N-dealkylation sites (tertiary alicyclic amines) is 1. The zero-order valence-corrected chi connectivity index (χ0v) is 20.3. The molecule has 1 aliphatic heterocycles. The lowest BCUT2D eigenvalue weighted by Gasteiger charge is -2.39. The van der Waals surface area contributed by atoms with Crippen molar-refractivity contribution in [3.05, 3.63) is 65.1 Å². The number of carbonyl (C=O) groups is 2. The lowest BCUT2D eigenvalue weighted by atomic mass is 9.88. The highest BCUT2D eigenvalue weighted by atomic mass is 19.1. The molecule has 1 unspecified atom stereocenters. The predicted octanol–water partition coefficient (Wildman–Crippen LogP) is 3.89. The maximum atomic E-state index is 14.3. The number of hydrogen-bond acceptors (Lipinski definition) is 5. The minimum Gasteiger partial charge on any atom is -0.350 e. The van der Waals surface area contributed by atoms with Crippen molar-refractivity contribution in [1.82, 2.24) is 30.4 Å². The normalized spacial score (nSPS) is 20.4. The molecule has 3 aliphatic rings. The summed E-state index contributed by atoms with van der Waals surface area (Å²) in [5.74, 6) is -0.147. The van der Waals surface area contributed by atoms with E-state index in [1.165, 1.54) is 18.4 Å². The quantitative estimate of drug-likeness (QED) is 0.548. The standard InChI is InChI=1S/C27H29FN6O2/c1-16-11-20(21(28)14-30-16)22-12-23(33-32-22)26(36)34-10-6-18(13-27(34)7-8-27)25(35)31-15-24-19(17-4-5-17)3-2-9-29-24/h2-3,9,11-12,14,17-18H,4-8,10,13,15H2,1H3,(H,31,35)(H,32,33). The summed E-state index contributed by atoms with van der Waals surface area (Å²) in [6.45, 7) is 2.73. The molecular weight excluding hydrogens is 459 g/mol. The zero-order valence-electron chi connectivity index (χ0n) is 20.3. The minimum absolute atomic E-state index is 0.0353. The van der Waals surface area contributed by atoms with Gasteiger partial charge in [-0.2, -0.15) is 5.10 Å². The van der Waals surface area contributed by atoms with Crippen LogP contribution in [-0.4, -0.2) is 49.0 Å². The highest BCUT2D eigenvalue weighted by molar-refractivity contribution is 5.94. The molecule has 1 atom stereocenters. The number of piperidine rings is 1. The van der Waals surface area contributed by atoms with Crippen LogP contribution in [0.2, 0.25) is 0 Å². The van der Waals surface area contributed by atoms with Gasteiger partial charge in [0.2, 0.25) is 5.91 Å². The van der Waals surface area contributed by atoms with Crippen molar-refractivity contribution in [2.75, 3.05) is 6.54 Å². The molecule has 2 amide bonds. The van der Waals surface area contributed by atoms with Crippen LogP contribution < -0.4 is 5.32 Å². The Bertz CT molecular complexity index is 1330. The number of hydrogen-bond donors (Lipinski definition) is 2. The van der Waals surface area contributed by atoms with E-state index in [-0.39, 0.29) is 23.3 Å². The maximum absolute atomic E-state index is 14.3. The van der Waals surface area contributed by atoms with Gasteiger partial charge in [-0.05, 0) is 75.1 Å². The van der Waals surface area contributed by atoms with Crippen LogP contribution in [0.4, 0.5) is 4.39 Å². The number of aromatic amines is 1. The van der Waals surface area contributed by atoms with E-state index in [1.807, 2.05) is 11.0 Å². The first-order chi connectivity index (χ1) is 17.4. The molecule has 0 radical (unpaired) electrons. The molecule has 3 aromatic rings. The van der Waals surface area contributed by atoms with Gasteiger partial charge in [-0.1, -0.05) is 6.07 Å². The van der Waals surface area contributed by atoms with E-state index in [1.54, 1.807) is 25.3 Å². The second-order valence-electron chi connectivity index (χ2n) is 10.4. The van der Waals surface area contributed by atoms with Gasteiger partial charge in [0.15, 0.2) is 5.82 Å². The van der Waals surface area contributed by atoms with Crippen molar-refractivity contribution in [3.63, 3.8) is 0 Å². The van der Waals surface area contributed by atoms with Crippen molar-refractivity contribution < 1.29 is 14.0 Å². The zero-order chi connectivity index (χ0) is 24.9. The minimum atomic E-state index is -0.480. The Morgan fingerprint density at radius 2 is 2.06 bits per heavy atom. The Hall–Kier alpha value is -3.62. The van der Waals surface area contributed by atoms with Crippen LogP contribution in [0.1, 0.15) is 71.9 Å². The molecule has 0 aromatic carbocycles. The average Bonchev–Trinajstić information content (AvgIpc) is 3.82. The number of aryl methyl sites for hydroxylation is 1. The topological polar surface area (TPSA) is 104 Å². The summed E-state index contributed by atoms with van der Waals surface area (Å²) in [4.78, 5) is 36.8. The van der Waals surface area contributed by atoms with E-state index in [2.05, 4.69) is 31.5 Å². The largest absolute Gasteiger partial charge is 0.350 e. The molecule has 4 heterocycles.